The van der Waals surface area contributed by atoms with Gasteiger partial charge in [-0.05, 0) is 38.5 Å². The molecule has 7 nitrogen and oxygen atoms in total. The molecule has 1 heterocycles. The summed E-state index contributed by atoms with van der Waals surface area (Å²) in [6, 6.07) is 15.0. The molecule has 1 fully saturated rings. The third kappa shape index (κ3) is 5.78. The highest BCUT2D eigenvalue weighted by Gasteiger charge is 2.31. The molecular formula is C23H28N2O5S. The van der Waals surface area contributed by atoms with E-state index in [0.717, 1.165) is 5.56 Å². The van der Waals surface area contributed by atoms with Gasteiger partial charge in [0.25, 0.3) is 0 Å². The van der Waals surface area contributed by atoms with Crippen molar-refractivity contribution in [3.63, 3.8) is 0 Å². The van der Waals surface area contributed by atoms with Crippen LogP contribution in [0, 0.1) is 0 Å². The fourth-order valence-corrected chi connectivity index (χ4v) is 5.03. The number of benzene rings is 2. The van der Waals surface area contributed by atoms with Crippen LogP contribution in [-0.4, -0.2) is 61.2 Å². The summed E-state index contributed by atoms with van der Waals surface area (Å²) >= 11 is 0. The topological polar surface area (TPSA) is 84.0 Å². The molecule has 0 aromatic heterocycles. The maximum absolute atomic E-state index is 13.4. The second-order valence-corrected chi connectivity index (χ2v) is 9.83. The monoisotopic (exact) mass is 444 g/mol. The fourth-order valence-electron chi connectivity index (χ4n) is 3.66. The molecule has 1 amide bonds. The zero-order valence-corrected chi connectivity index (χ0v) is 18.8. The first-order valence-electron chi connectivity index (χ1n) is 10.2. The van der Waals surface area contributed by atoms with Crippen LogP contribution in [0.25, 0.3) is 0 Å². The number of sulfonamides is 1. The Morgan fingerprint density at radius 3 is 2.13 bits per heavy atom. The molecule has 2 aromatic rings. The number of ketones is 1. The van der Waals surface area contributed by atoms with Crippen LogP contribution in [0.1, 0.15) is 36.7 Å². The summed E-state index contributed by atoms with van der Waals surface area (Å²) in [6.45, 7) is 5.86. The van der Waals surface area contributed by atoms with Gasteiger partial charge in [0.05, 0.1) is 23.6 Å². The highest BCUT2D eigenvalue weighted by atomic mass is 32.2. The van der Waals surface area contributed by atoms with Gasteiger partial charge in [0.15, 0.2) is 5.78 Å². The number of rotatable bonds is 7. The van der Waals surface area contributed by atoms with Gasteiger partial charge in [-0.25, -0.2) is 8.42 Å². The van der Waals surface area contributed by atoms with Crippen LogP contribution in [0.4, 0.5) is 0 Å². The Labute approximate surface area is 183 Å². The van der Waals surface area contributed by atoms with Crippen molar-refractivity contribution in [2.75, 3.05) is 19.6 Å². The number of amides is 1. The van der Waals surface area contributed by atoms with Gasteiger partial charge in [-0.1, -0.05) is 42.5 Å². The number of morpholine rings is 1. The predicted molar refractivity (Wildman–Crippen MR) is 117 cm³/mol. The van der Waals surface area contributed by atoms with Crippen LogP contribution < -0.4 is 0 Å². The highest BCUT2D eigenvalue weighted by Crippen LogP contribution is 2.20. The van der Waals surface area contributed by atoms with Gasteiger partial charge in [-0.3, -0.25) is 9.59 Å². The average molecular weight is 445 g/mol. The van der Waals surface area contributed by atoms with Crippen molar-refractivity contribution in [2.45, 2.75) is 44.4 Å². The number of nitrogens with zero attached hydrogens (tertiary/aromatic N) is 2. The van der Waals surface area contributed by atoms with Crippen LogP contribution in [0.2, 0.25) is 0 Å². The Morgan fingerprint density at radius 2 is 1.58 bits per heavy atom. The third-order valence-electron chi connectivity index (χ3n) is 5.18. The molecule has 1 aliphatic heterocycles. The minimum absolute atomic E-state index is 0.0462. The lowest BCUT2D eigenvalue weighted by Gasteiger charge is -2.36. The molecule has 1 saturated heterocycles. The molecule has 0 radical (unpaired) electrons. The molecule has 166 valence electrons. The molecule has 0 N–H and O–H groups in total. The molecule has 0 saturated carbocycles. The molecule has 0 bridgehead atoms. The van der Waals surface area contributed by atoms with E-state index in [1.165, 1.54) is 35.5 Å². The number of carbonyl (C=O) groups excluding carboxylic acids is 2. The van der Waals surface area contributed by atoms with E-state index in [-0.39, 0.29) is 41.9 Å². The normalized spacial score (nSPS) is 19.4. The van der Waals surface area contributed by atoms with Gasteiger partial charge >= 0.3 is 0 Å². The number of hydrogen-bond acceptors (Lipinski definition) is 5. The summed E-state index contributed by atoms with van der Waals surface area (Å²) in [4.78, 5) is 26.3. The number of hydrogen-bond donors (Lipinski definition) is 0. The first-order valence-corrected chi connectivity index (χ1v) is 11.7. The van der Waals surface area contributed by atoms with E-state index in [1.807, 2.05) is 44.2 Å². The van der Waals surface area contributed by atoms with Crippen LogP contribution in [-0.2, 0) is 26.1 Å². The van der Waals surface area contributed by atoms with E-state index < -0.39 is 10.0 Å². The summed E-state index contributed by atoms with van der Waals surface area (Å²) < 4.78 is 33.7. The standard InChI is InChI=1S/C23H28N2O5S/c1-17-13-24(14-18(2)30-17)23(27)16-25(15-20-7-5-4-6-8-20)31(28,29)22-11-9-21(10-12-22)19(3)26/h4-12,17-18H,13-16H2,1-3H3/t17-,18+. The van der Waals surface area contributed by atoms with Crippen molar-refractivity contribution < 1.29 is 22.7 Å². The highest BCUT2D eigenvalue weighted by molar-refractivity contribution is 7.89. The second kappa shape index (κ2) is 9.72. The summed E-state index contributed by atoms with van der Waals surface area (Å²) in [5.74, 6) is -0.405. The van der Waals surface area contributed by atoms with E-state index in [4.69, 9.17) is 4.74 Å². The van der Waals surface area contributed by atoms with Gasteiger partial charge < -0.3 is 9.64 Å². The Morgan fingerprint density at radius 1 is 1.00 bits per heavy atom. The van der Waals surface area contributed by atoms with Gasteiger partial charge in [0, 0.05) is 25.2 Å². The van der Waals surface area contributed by atoms with Crippen molar-refractivity contribution in [2.24, 2.45) is 0 Å². The Bertz CT molecular complexity index is 1010. The fraction of sp³-hybridized carbons (Fsp3) is 0.391. The van der Waals surface area contributed by atoms with E-state index in [1.54, 1.807) is 4.90 Å². The van der Waals surface area contributed by atoms with Crippen LogP contribution in [0.15, 0.2) is 59.5 Å². The van der Waals surface area contributed by atoms with E-state index in [9.17, 15) is 18.0 Å². The SMILES string of the molecule is CC(=O)c1ccc(S(=O)(=O)N(CC(=O)N2C[C@@H](C)O[C@@H](C)C2)Cc2ccccc2)cc1. The Kier molecular flexibility index (Phi) is 7.25. The lowest BCUT2D eigenvalue weighted by molar-refractivity contribution is -0.143. The van der Waals surface area contributed by atoms with E-state index in [0.29, 0.717) is 18.7 Å². The molecule has 0 aliphatic carbocycles. The summed E-state index contributed by atoms with van der Waals surface area (Å²) in [5, 5.41) is 0. The first-order chi connectivity index (χ1) is 14.7. The van der Waals surface area contributed by atoms with Gasteiger partial charge in [0.2, 0.25) is 15.9 Å². The molecule has 2 aromatic carbocycles. The predicted octanol–water partition coefficient (Wildman–Crippen LogP) is 2.72. The molecule has 1 aliphatic rings. The van der Waals surface area contributed by atoms with Crippen molar-refractivity contribution in [1.29, 1.82) is 0 Å². The maximum Gasteiger partial charge on any atom is 0.243 e. The molecule has 31 heavy (non-hydrogen) atoms. The second-order valence-electron chi connectivity index (χ2n) is 7.90. The summed E-state index contributed by atoms with van der Waals surface area (Å²) in [6.07, 6.45) is -0.211. The average Bonchev–Trinajstić information content (AvgIpc) is 2.73. The lowest BCUT2D eigenvalue weighted by atomic mass is 10.2. The first kappa shape index (κ1) is 23.1. The summed E-state index contributed by atoms with van der Waals surface area (Å²) in [7, 11) is -3.96. The Balaban J connectivity index is 1.88. The van der Waals surface area contributed by atoms with Crippen molar-refractivity contribution >= 4 is 21.7 Å². The lowest BCUT2D eigenvalue weighted by Crippen LogP contribution is -2.51. The molecule has 8 heteroatoms. The van der Waals surface area contributed by atoms with Crippen molar-refractivity contribution in [3.05, 3.63) is 65.7 Å². The Hall–Kier alpha value is -2.55. The molecule has 0 spiro atoms. The molecule has 3 rings (SSSR count). The minimum Gasteiger partial charge on any atom is -0.372 e. The van der Waals surface area contributed by atoms with E-state index in [2.05, 4.69) is 0 Å². The number of Topliss-reactive ketones (excluding diaryl/α,β-unsaturated/α-hetero) is 1. The van der Waals surface area contributed by atoms with Crippen molar-refractivity contribution in [1.82, 2.24) is 9.21 Å². The number of ether oxygens (including phenoxy) is 1. The van der Waals surface area contributed by atoms with Gasteiger partial charge in [-0.2, -0.15) is 4.31 Å². The third-order valence-corrected chi connectivity index (χ3v) is 6.99. The smallest absolute Gasteiger partial charge is 0.243 e. The van der Waals surface area contributed by atoms with Gasteiger partial charge in [-0.15, -0.1) is 0 Å². The van der Waals surface area contributed by atoms with Crippen LogP contribution in [0.3, 0.4) is 0 Å². The van der Waals surface area contributed by atoms with Crippen molar-refractivity contribution in [3.8, 4) is 0 Å². The maximum atomic E-state index is 13.4. The van der Waals surface area contributed by atoms with E-state index >= 15 is 0 Å². The van der Waals surface area contributed by atoms with Crippen LogP contribution >= 0.6 is 0 Å². The largest absolute Gasteiger partial charge is 0.372 e. The summed E-state index contributed by atoms with van der Waals surface area (Å²) in [5.41, 5.74) is 1.21. The zero-order chi connectivity index (χ0) is 22.6. The van der Waals surface area contributed by atoms with Crippen LogP contribution in [0.5, 0.6) is 0 Å². The molecular weight excluding hydrogens is 416 g/mol. The quantitative estimate of drug-likeness (QED) is 0.613. The zero-order valence-electron chi connectivity index (χ0n) is 18.0. The minimum atomic E-state index is -3.96. The number of carbonyl (C=O) groups is 2. The molecule has 2 atom stereocenters. The molecule has 0 unspecified atom stereocenters. The van der Waals surface area contributed by atoms with Gasteiger partial charge in [0.1, 0.15) is 0 Å².